The van der Waals surface area contributed by atoms with Crippen LogP contribution in [0, 0.1) is 25.2 Å². The minimum atomic E-state index is 0.391. The van der Waals surface area contributed by atoms with Crippen molar-refractivity contribution in [3.63, 3.8) is 0 Å². The molecule has 0 atom stereocenters. The Bertz CT molecular complexity index is 644. The highest BCUT2D eigenvalue weighted by Gasteiger charge is 2.07. The lowest BCUT2D eigenvalue weighted by molar-refractivity contribution is 0.302. The first kappa shape index (κ1) is 12.9. The topological polar surface area (TPSA) is 71.9 Å². The number of aryl methyl sites for hydroxylation is 1. The zero-order valence-corrected chi connectivity index (χ0v) is 11.0. The van der Waals surface area contributed by atoms with Gasteiger partial charge in [0.05, 0.1) is 0 Å². The zero-order chi connectivity index (χ0) is 13.8. The van der Waals surface area contributed by atoms with E-state index >= 15 is 0 Å². The third kappa shape index (κ3) is 2.83. The molecule has 1 aromatic heterocycles. The molecule has 19 heavy (non-hydrogen) atoms. The fourth-order valence-electron chi connectivity index (χ4n) is 1.85. The van der Waals surface area contributed by atoms with Crippen LogP contribution in [0.4, 0.5) is 5.69 Å². The second-order valence-electron chi connectivity index (χ2n) is 4.38. The molecule has 0 spiro atoms. The Morgan fingerprint density at radius 2 is 2.11 bits per heavy atom. The van der Waals surface area contributed by atoms with E-state index in [1.165, 1.54) is 0 Å². The molecule has 0 radical (unpaired) electrons. The largest absolute Gasteiger partial charge is 0.488 e. The summed E-state index contributed by atoms with van der Waals surface area (Å²) in [4.78, 5) is 3.93. The maximum absolute atomic E-state index is 8.80. The van der Waals surface area contributed by atoms with Crippen LogP contribution in [0.1, 0.15) is 22.4 Å². The lowest BCUT2D eigenvalue weighted by Crippen LogP contribution is -2.01. The van der Waals surface area contributed by atoms with Crippen molar-refractivity contribution >= 4 is 5.69 Å². The average molecular weight is 253 g/mol. The minimum Gasteiger partial charge on any atom is -0.488 e. The van der Waals surface area contributed by atoms with E-state index in [9.17, 15) is 0 Å². The lowest BCUT2D eigenvalue weighted by atomic mass is 10.1. The molecular formula is C15H15N3O. The Balaban J connectivity index is 2.19. The standard InChI is InChI=1S/C15H15N3O/c1-10-3-4-14(17)11(2)15(10)19-9-12-5-6-18-13(7-12)8-16/h3-7H,9,17H2,1-2H3. The number of pyridine rings is 1. The first-order valence-electron chi connectivity index (χ1n) is 5.95. The quantitative estimate of drug-likeness (QED) is 0.854. The van der Waals surface area contributed by atoms with Crippen LogP contribution in [0.3, 0.4) is 0 Å². The highest BCUT2D eigenvalue weighted by atomic mass is 16.5. The summed E-state index contributed by atoms with van der Waals surface area (Å²) < 4.78 is 5.82. The van der Waals surface area contributed by atoms with Gasteiger partial charge in [-0.05, 0) is 43.2 Å². The number of nitriles is 1. The van der Waals surface area contributed by atoms with E-state index in [0.29, 0.717) is 18.0 Å². The minimum absolute atomic E-state index is 0.391. The van der Waals surface area contributed by atoms with E-state index in [1.54, 1.807) is 12.3 Å². The molecule has 1 aromatic carbocycles. The Morgan fingerprint density at radius 3 is 2.84 bits per heavy atom. The first-order chi connectivity index (χ1) is 9.11. The van der Waals surface area contributed by atoms with Gasteiger partial charge in [0.25, 0.3) is 0 Å². The van der Waals surface area contributed by atoms with Crippen LogP contribution in [0.5, 0.6) is 5.75 Å². The molecule has 4 heteroatoms. The van der Waals surface area contributed by atoms with Crippen molar-refractivity contribution in [2.24, 2.45) is 0 Å². The summed E-state index contributed by atoms with van der Waals surface area (Å²) in [6, 6.07) is 9.37. The number of hydrogen-bond donors (Lipinski definition) is 1. The van der Waals surface area contributed by atoms with E-state index in [-0.39, 0.29) is 0 Å². The number of anilines is 1. The molecule has 2 aromatic rings. The Kier molecular flexibility index (Phi) is 3.67. The van der Waals surface area contributed by atoms with Gasteiger partial charge in [0, 0.05) is 17.4 Å². The van der Waals surface area contributed by atoms with Crippen molar-refractivity contribution in [3.8, 4) is 11.8 Å². The number of ether oxygens (including phenoxy) is 1. The number of nitrogen functional groups attached to an aromatic ring is 1. The first-order valence-corrected chi connectivity index (χ1v) is 5.95. The van der Waals surface area contributed by atoms with Gasteiger partial charge in [0.2, 0.25) is 0 Å². The van der Waals surface area contributed by atoms with Gasteiger partial charge in [-0.15, -0.1) is 0 Å². The molecule has 0 aliphatic rings. The van der Waals surface area contributed by atoms with E-state index in [2.05, 4.69) is 4.98 Å². The van der Waals surface area contributed by atoms with E-state index in [1.807, 2.05) is 38.1 Å². The molecule has 0 unspecified atom stereocenters. The number of rotatable bonds is 3. The van der Waals surface area contributed by atoms with Crippen LogP contribution in [0.25, 0.3) is 0 Å². The summed E-state index contributed by atoms with van der Waals surface area (Å²) in [7, 11) is 0. The van der Waals surface area contributed by atoms with Gasteiger partial charge < -0.3 is 10.5 Å². The van der Waals surface area contributed by atoms with Crippen LogP contribution in [-0.4, -0.2) is 4.98 Å². The van der Waals surface area contributed by atoms with Gasteiger partial charge in [0.15, 0.2) is 0 Å². The van der Waals surface area contributed by atoms with E-state index in [4.69, 9.17) is 15.7 Å². The van der Waals surface area contributed by atoms with Gasteiger partial charge in [-0.2, -0.15) is 5.26 Å². The smallest absolute Gasteiger partial charge is 0.140 e. The lowest BCUT2D eigenvalue weighted by Gasteiger charge is -2.13. The second kappa shape index (κ2) is 5.40. The zero-order valence-electron chi connectivity index (χ0n) is 11.0. The Labute approximate surface area is 112 Å². The van der Waals surface area contributed by atoms with Gasteiger partial charge in [-0.1, -0.05) is 6.07 Å². The fraction of sp³-hybridized carbons (Fsp3) is 0.200. The third-order valence-electron chi connectivity index (χ3n) is 2.97. The van der Waals surface area contributed by atoms with Crippen LogP contribution >= 0.6 is 0 Å². The summed E-state index contributed by atoms with van der Waals surface area (Å²) in [5, 5.41) is 8.80. The van der Waals surface area contributed by atoms with Crippen molar-refractivity contribution in [1.82, 2.24) is 4.98 Å². The van der Waals surface area contributed by atoms with Crippen molar-refractivity contribution < 1.29 is 4.74 Å². The van der Waals surface area contributed by atoms with Crippen LogP contribution in [-0.2, 0) is 6.61 Å². The molecule has 0 aliphatic heterocycles. The number of nitrogens with two attached hydrogens (primary N) is 1. The normalized spacial score (nSPS) is 9.95. The molecule has 96 valence electrons. The summed E-state index contributed by atoms with van der Waals surface area (Å²) in [6.07, 6.45) is 1.61. The van der Waals surface area contributed by atoms with E-state index in [0.717, 1.165) is 22.4 Å². The van der Waals surface area contributed by atoms with E-state index < -0.39 is 0 Å². The molecule has 0 saturated heterocycles. The maximum Gasteiger partial charge on any atom is 0.140 e. The summed E-state index contributed by atoms with van der Waals surface area (Å²) in [5.41, 5.74) is 9.87. The number of benzene rings is 1. The van der Waals surface area contributed by atoms with Crippen molar-refractivity contribution in [3.05, 3.63) is 52.8 Å². The fourth-order valence-corrected chi connectivity index (χ4v) is 1.85. The monoisotopic (exact) mass is 253 g/mol. The van der Waals surface area contributed by atoms with Crippen LogP contribution < -0.4 is 10.5 Å². The molecular weight excluding hydrogens is 238 g/mol. The Hall–Kier alpha value is -2.54. The van der Waals surface area contributed by atoms with Crippen molar-refractivity contribution in [1.29, 1.82) is 5.26 Å². The molecule has 2 rings (SSSR count). The molecule has 0 amide bonds. The number of hydrogen-bond acceptors (Lipinski definition) is 4. The van der Waals surface area contributed by atoms with Crippen molar-refractivity contribution in [2.75, 3.05) is 5.73 Å². The van der Waals surface area contributed by atoms with Crippen LogP contribution in [0.2, 0.25) is 0 Å². The highest BCUT2D eigenvalue weighted by molar-refractivity contribution is 5.56. The summed E-state index contributed by atoms with van der Waals surface area (Å²) in [5.74, 6) is 0.801. The predicted octanol–water partition coefficient (Wildman–Crippen LogP) is 2.73. The maximum atomic E-state index is 8.80. The van der Waals surface area contributed by atoms with Crippen LogP contribution in [0.15, 0.2) is 30.5 Å². The predicted molar refractivity (Wildman–Crippen MR) is 73.6 cm³/mol. The van der Waals surface area contributed by atoms with Gasteiger partial charge in [0.1, 0.15) is 24.1 Å². The SMILES string of the molecule is Cc1ccc(N)c(C)c1OCc1ccnc(C#N)c1. The molecule has 0 bridgehead atoms. The highest BCUT2D eigenvalue weighted by Crippen LogP contribution is 2.28. The van der Waals surface area contributed by atoms with Crippen molar-refractivity contribution in [2.45, 2.75) is 20.5 Å². The molecule has 1 heterocycles. The number of aromatic nitrogens is 1. The number of nitrogens with zero attached hydrogens (tertiary/aromatic N) is 2. The average Bonchev–Trinajstić information content (AvgIpc) is 2.43. The van der Waals surface area contributed by atoms with Gasteiger partial charge >= 0.3 is 0 Å². The molecule has 0 aliphatic carbocycles. The molecule has 2 N–H and O–H groups in total. The second-order valence-corrected chi connectivity index (χ2v) is 4.38. The third-order valence-corrected chi connectivity index (χ3v) is 2.97. The summed E-state index contributed by atoms with van der Waals surface area (Å²) >= 11 is 0. The molecule has 0 saturated carbocycles. The van der Waals surface area contributed by atoms with Gasteiger partial charge in [-0.25, -0.2) is 4.98 Å². The summed E-state index contributed by atoms with van der Waals surface area (Å²) in [6.45, 7) is 4.31. The molecule has 4 nitrogen and oxygen atoms in total. The van der Waals surface area contributed by atoms with Gasteiger partial charge in [-0.3, -0.25) is 0 Å². The molecule has 0 fully saturated rings. The Morgan fingerprint density at radius 1 is 1.32 bits per heavy atom.